The third-order valence-corrected chi connectivity index (χ3v) is 8.76. The summed E-state index contributed by atoms with van der Waals surface area (Å²) in [6, 6.07) is 18.3. The van der Waals surface area contributed by atoms with E-state index in [-0.39, 0.29) is 0 Å². The van der Waals surface area contributed by atoms with Gasteiger partial charge in [0, 0.05) is 0 Å². The van der Waals surface area contributed by atoms with Gasteiger partial charge in [-0.25, -0.2) is 0 Å². The van der Waals surface area contributed by atoms with Crippen LogP contribution < -0.4 is 0 Å². The Hall–Kier alpha value is -1.37. The van der Waals surface area contributed by atoms with Gasteiger partial charge >= 0.3 is 177 Å². The maximum absolute atomic E-state index is 12.4. The summed E-state index contributed by atoms with van der Waals surface area (Å²) in [6.45, 7) is 2.66. The number of benzene rings is 2. The van der Waals surface area contributed by atoms with E-state index in [0.717, 1.165) is 41.9 Å². The molecule has 2 aromatic rings. The fourth-order valence-electron chi connectivity index (χ4n) is 3.71. The molecular formula is C22H26BNO2S2. The Morgan fingerprint density at radius 3 is 2.39 bits per heavy atom. The fraction of sp³-hybridized carbons (Fsp3) is 0.409. The van der Waals surface area contributed by atoms with Crippen LogP contribution in [0.4, 0.5) is 0 Å². The molecule has 1 N–H and O–H groups in total. The topological polar surface area (TPSA) is 49.7 Å². The van der Waals surface area contributed by atoms with E-state index in [1.54, 1.807) is 0 Å². The van der Waals surface area contributed by atoms with Crippen LogP contribution in [-0.4, -0.2) is 40.5 Å². The van der Waals surface area contributed by atoms with Gasteiger partial charge in [0.15, 0.2) is 0 Å². The molecule has 6 heteroatoms. The number of hydrogen-bond acceptors (Lipinski definition) is 5. The van der Waals surface area contributed by atoms with Crippen molar-refractivity contribution < 1.29 is 9.81 Å². The molecule has 28 heavy (non-hydrogen) atoms. The molecule has 2 aromatic carbocycles. The molecule has 3 nitrogen and oxygen atoms in total. The van der Waals surface area contributed by atoms with Gasteiger partial charge in [0.05, 0.1) is 0 Å². The van der Waals surface area contributed by atoms with E-state index in [1.807, 2.05) is 53.9 Å². The molecular weight excluding hydrogens is 385 g/mol. The minimum atomic E-state index is -1.11. The number of rotatable bonds is 8. The van der Waals surface area contributed by atoms with E-state index in [2.05, 4.69) is 36.2 Å². The molecule has 0 bridgehead atoms. The zero-order chi connectivity index (χ0) is 19.9. The first-order valence-electron chi connectivity index (χ1n) is 9.69. The van der Waals surface area contributed by atoms with Gasteiger partial charge in [-0.3, -0.25) is 0 Å². The van der Waals surface area contributed by atoms with Gasteiger partial charge in [0.2, 0.25) is 0 Å². The summed E-state index contributed by atoms with van der Waals surface area (Å²) < 4.78 is 10.1. The molecule has 1 atom stereocenters. The van der Waals surface area contributed by atoms with Crippen molar-refractivity contribution in [3.63, 3.8) is 0 Å². The first-order valence-corrected chi connectivity index (χ1v) is 11.7. The quantitative estimate of drug-likeness (QED) is 0.390. The Bertz CT molecular complexity index is 792. The number of thioether (sulfide) groups is 2. The van der Waals surface area contributed by atoms with E-state index in [0.29, 0.717) is 13.7 Å². The predicted octanol–water partition coefficient (Wildman–Crippen LogP) is 4.66. The summed E-state index contributed by atoms with van der Waals surface area (Å²) in [6.07, 6.45) is 4.11. The van der Waals surface area contributed by atoms with Crippen LogP contribution in [0.25, 0.3) is 0 Å². The van der Waals surface area contributed by atoms with E-state index >= 15 is 0 Å². The van der Waals surface area contributed by atoms with E-state index < -0.39 is 9.68 Å². The molecule has 1 aliphatic heterocycles. The predicted molar refractivity (Wildman–Crippen MR) is 122 cm³/mol. The third kappa shape index (κ3) is 4.45. The molecule has 0 amide bonds. The molecule has 0 spiro atoms. The van der Waals surface area contributed by atoms with Crippen molar-refractivity contribution in [1.29, 1.82) is 0 Å². The molecule has 3 rings (SSSR count). The van der Waals surface area contributed by atoms with Crippen LogP contribution in [0.2, 0.25) is 0 Å². The molecule has 0 aliphatic carbocycles. The van der Waals surface area contributed by atoms with Crippen LogP contribution in [0.1, 0.15) is 36.0 Å². The second kappa shape index (κ2) is 9.90. The molecule has 146 valence electrons. The van der Waals surface area contributed by atoms with E-state index in [4.69, 9.17) is 0 Å². The molecule has 0 radical (unpaired) electrons. The molecule has 1 fully saturated rings. The Morgan fingerprint density at radius 1 is 1.11 bits per heavy atom. The normalized spacial score (nSPS) is 18.5. The van der Waals surface area contributed by atoms with Crippen molar-refractivity contribution >= 4 is 36.8 Å². The molecule has 1 aliphatic rings. The van der Waals surface area contributed by atoms with Crippen LogP contribution in [0.5, 0.6) is 0 Å². The summed E-state index contributed by atoms with van der Waals surface area (Å²) in [5, 5.41) is 12.4. The number of hydrogen-bond donors (Lipinski definition) is 1. The van der Waals surface area contributed by atoms with E-state index in [1.165, 1.54) is 11.7 Å². The Balaban J connectivity index is 2.05. The van der Waals surface area contributed by atoms with Crippen LogP contribution >= 0.6 is 23.5 Å². The van der Waals surface area contributed by atoms with Crippen molar-refractivity contribution in [3.05, 3.63) is 71.3 Å². The standard InChI is InChI=1S/C22H26BNO2S2/c1-18-9-11-20(12-10-18)22(25,19-7-3-2-4-8-19)21(27-15-6-16-28-21)13-5-14-24-17-23-26/h2-4,7-12,17,25H,5-6,13-16H2,1H3/b24-17-. The Labute approximate surface area is 176 Å². The first-order chi connectivity index (χ1) is 13.6. The van der Waals surface area contributed by atoms with Crippen LogP contribution in [0.3, 0.4) is 0 Å². The Morgan fingerprint density at radius 2 is 1.75 bits per heavy atom. The van der Waals surface area contributed by atoms with Gasteiger partial charge < -0.3 is 0 Å². The second-order valence-corrected chi connectivity index (χ2v) is 10.1. The summed E-state index contributed by atoms with van der Waals surface area (Å²) in [5.74, 6) is 2.07. The SMILES string of the molecule is Cc1ccc(C(O)(c2ccccc2)C2(CCC/N=C\B=O)SCCCS2)cc1. The van der Waals surface area contributed by atoms with Crippen molar-refractivity contribution in [2.75, 3.05) is 18.1 Å². The zero-order valence-electron chi connectivity index (χ0n) is 16.2. The molecule has 1 unspecified atom stereocenters. The third-order valence-electron chi connectivity index (χ3n) is 5.13. The van der Waals surface area contributed by atoms with Gasteiger partial charge in [-0.05, 0) is 0 Å². The first kappa shape index (κ1) is 21.3. The molecule has 1 saturated heterocycles. The summed E-state index contributed by atoms with van der Waals surface area (Å²) >= 11 is 3.73. The minimum absolute atomic E-state index is 0.390. The maximum atomic E-state index is 12.4. The molecule has 0 saturated carbocycles. The molecule has 0 aromatic heterocycles. The van der Waals surface area contributed by atoms with Crippen LogP contribution in [-0.2, 0) is 10.3 Å². The number of aliphatic imine (C=N–C) groups is 1. The van der Waals surface area contributed by atoms with Gasteiger partial charge in [0.25, 0.3) is 0 Å². The van der Waals surface area contributed by atoms with Crippen molar-refractivity contribution in [2.45, 2.75) is 35.9 Å². The average molecular weight is 411 g/mol. The van der Waals surface area contributed by atoms with Crippen molar-refractivity contribution in [3.8, 4) is 0 Å². The fourth-order valence-corrected chi connectivity index (χ4v) is 7.43. The number of aryl methyl sites for hydroxylation is 1. The van der Waals surface area contributed by atoms with Crippen LogP contribution in [0.15, 0.2) is 59.6 Å². The zero-order valence-corrected chi connectivity index (χ0v) is 17.8. The van der Waals surface area contributed by atoms with E-state index in [9.17, 15) is 9.81 Å². The van der Waals surface area contributed by atoms with Gasteiger partial charge in [0.1, 0.15) is 0 Å². The number of aliphatic hydroxyl groups is 1. The Kier molecular flexibility index (Phi) is 7.55. The second-order valence-electron chi connectivity index (χ2n) is 7.04. The van der Waals surface area contributed by atoms with Gasteiger partial charge in [-0.15, -0.1) is 0 Å². The monoisotopic (exact) mass is 411 g/mol. The van der Waals surface area contributed by atoms with Crippen molar-refractivity contribution in [1.82, 2.24) is 0 Å². The number of nitrogens with zero attached hydrogens (tertiary/aromatic N) is 1. The summed E-state index contributed by atoms with van der Waals surface area (Å²) in [5.41, 5.74) is 1.94. The molecule has 1 heterocycles. The summed E-state index contributed by atoms with van der Waals surface area (Å²) in [4.78, 5) is 4.15. The van der Waals surface area contributed by atoms with Gasteiger partial charge in [-0.2, -0.15) is 0 Å². The summed E-state index contributed by atoms with van der Waals surface area (Å²) in [7, 11) is 0.715. The van der Waals surface area contributed by atoms with Crippen molar-refractivity contribution in [2.24, 2.45) is 4.99 Å². The van der Waals surface area contributed by atoms with Gasteiger partial charge in [-0.1, -0.05) is 0 Å². The van der Waals surface area contributed by atoms with Crippen LogP contribution in [0, 0.1) is 6.92 Å². The average Bonchev–Trinajstić information content (AvgIpc) is 2.75.